The second-order valence-electron chi connectivity index (χ2n) is 4.07. The van der Waals surface area contributed by atoms with Crippen molar-refractivity contribution >= 4 is 0 Å². The maximum Gasteiger partial charge on any atom is 0.169 e. The van der Waals surface area contributed by atoms with Gasteiger partial charge in [-0.05, 0) is 25.8 Å². The van der Waals surface area contributed by atoms with Gasteiger partial charge in [-0.2, -0.15) is 0 Å². The van der Waals surface area contributed by atoms with Crippen molar-refractivity contribution in [1.82, 2.24) is 4.90 Å². The highest BCUT2D eigenvalue weighted by Crippen LogP contribution is 2.18. The minimum absolute atomic E-state index is 0.109. The predicted molar refractivity (Wildman–Crippen MR) is 56.0 cm³/mol. The maximum atomic E-state index is 5.87. The molecule has 2 unspecified atom stereocenters. The molecule has 1 rings (SSSR count). The van der Waals surface area contributed by atoms with E-state index in [1.54, 1.807) is 14.2 Å². The summed E-state index contributed by atoms with van der Waals surface area (Å²) in [6, 6.07) is 0.295. The monoisotopic (exact) mass is 202 g/mol. The molecule has 14 heavy (non-hydrogen) atoms. The molecule has 0 spiro atoms. The van der Waals surface area contributed by atoms with Crippen LogP contribution < -0.4 is 5.73 Å². The Hall–Kier alpha value is -0.160. The first kappa shape index (κ1) is 11.9. The van der Waals surface area contributed by atoms with Gasteiger partial charge >= 0.3 is 0 Å². The molecule has 4 heteroatoms. The van der Waals surface area contributed by atoms with Gasteiger partial charge < -0.3 is 15.2 Å². The maximum absolute atomic E-state index is 5.87. The number of nitrogens with two attached hydrogens (primary N) is 1. The van der Waals surface area contributed by atoms with Crippen molar-refractivity contribution in [3.8, 4) is 0 Å². The molecule has 0 amide bonds. The molecule has 1 aliphatic rings. The average molecular weight is 202 g/mol. The Morgan fingerprint density at radius 1 is 1.43 bits per heavy atom. The molecule has 84 valence electrons. The lowest BCUT2D eigenvalue weighted by molar-refractivity contribution is -0.114. The van der Waals surface area contributed by atoms with Gasteiger partial charge in [-0.1, -0.05) is 0 Å². The lowest BCUT2D eigenvalue weighted by atomic mass is 10.0. The van der Waals surface area contributed by atoms with Crippen molar-refractivity contribution in [3.05, 3.63) is 0 Å². The van der Waals surface area contributed by atoms with Crippen LogP contribution in [0, 0.1) is 5.92 Å². The third kappa shape index (κ3) is 3.20. The van der Waals surface area contributed by atoms with Crippen LogP contribution in [0.25, 0.3) is 0 Å². The average Bonchev–Trinajstić information content (AvgIpc) is 2.62. The minimum Gasteiger partial charge on any atom is -0.355 e. The van der Waals surface area contributed by atoms with E-state index >= 15 is 0 Å². The SMILES string of the molecule is COC(CN1CCC(C(C)N)C1)OC. The first-order chi connectivity index (χ1) is 6.67. The summed E-state index contributed by atoms with van der Waals surface area (Å²) in [5.41, 5.74) is 5.87. The number of hydrogen-bond acceptors (Lipinski definition) is 4. The molecular formula is C10H22N2O2. The third-order valence-corrected chi connectivity index (χ3v) is 2.99. The van der Waals surface area contributed by atoms with Gasteiger partial charge in [-0.3, -0.25) is 4.90 Å². The van der Waals surface area contributed by atoms with Gasteiger partial charge in [0.15, 0.2) is 6.29 Å². The van der Waals surface area contributed by atoms with E-state index in [-0.39, 0.29) is 6.29 Å². The fourth-order valence-electron chi connectivity index (χ4n) is 1.91. The van der Waals surface area contributed by atoms with E-state index in [4.69, 9.17) is 15.2 Å². The Kier molecular flexibility index (Phi) is 4.81. The van der Waals surface area contributed by atoms with Crippen LogP contribution in [0.5, 0.6) is 0 Å². The molecule has 1 aliphatic heterocycles. The highest BCUT2D eigenvalue weighted by Gasteiger charge is 2.26. The Labute approximate surface area is 86.3 Å². The van der Waals surface area contributed by atoms with Crippen LogP contribution in [0.15, 0.2) is 0 Å². The Morgan fingerprint density at radius 2 is 2.07 bits per heavy atom. The van der Waals surface area contributed by atoms with Gasteiger partial charge in [0.2, 0.25) is 0 Å². The molecule has 0 aromatic heterocycles. The summed E-state index contributed by atoms with van der Waals surface area (Å²) in [4.78, 5) is 2.35. The molecule has 0 radical (unpaired) electrons. The predicted octanol–water partition coefficient (Wildman–Crippen LogP) is 0.274. The number of ether oxygens (including phenoxy) is 2. The van der Waals surface area contributed by atoms with Crippen LogP contribution in [0.1, 0.15) is 13.3 Å². The molecule has 0 saturated carbocycles. The Balaban J connectivity index is 2.28. The second kappa shape index (κ2) is 5.66. The third-order valence-electron chi connectivity index (χ3n) is 2.99. The standard InChI is InChI=1S/C10H22N2O2/c1-8(11)9-4-5-12(6-9)7-10(13-2)14-3/h8-10H,4-7,11H2,1-3H3. The molecule has 1 fully saturated rings. The molecule has 2 N–H and O–H groups in total. The minimum atomic E-state index is -0.109. The van der Waals surface area contributed by atoms with Gasteiger partial charge in [0.25, 0.3) is 0 Å². The van der Waals surface area contributed by atoms with Crippen molar-refractivity contribution < 1.29 is 9.47 Å². The number of likely N-dealkylation sites (tertiary alicyclic amines) is 1. The largest absolute Gasteiger partial charge is 0.355 e. The zero-order valence-corrected chi connectivity index (χ0v) is 9.40. The van der Waals surface area contributed by atoms with Crippen LogP contribution in [0.2, 0.25) is 0 Å². The molecular weight excluding hydrogens is 180 g/mol. The molecule has 0 bridgehead atoms. The lowest BCUT2D eigenvalue weighted by Crippen LogP contribution is -2.35. The zero-order chi connectivity index (χ0) is 10.6. The summed E-state index contributed by atoms with van der Waals surface area (Å²) in [5, 5.41) is 0. The first-order valence-electron chi connectivity index (χ1n) is 5.21. The van der Waals surface area contributed by atoms with Crippen LogP contribution in [-0.2, 0) is 9.47 Å². The van der Waals surface area contributed by atoms with Gasteiger partial charge in [0, 0.05) is 33.4 Å². The van der Waals surface area contributed by atoms with E-state index in [2.05, 4.69) is 11.8 Å². The number of rotatable bonds is 5. The molecule has 1 heterocycles. The van der Waals surface area contributed by atoms with E-state index in [0.29, 0.717) is 12.0 Å². The van der Waals surface area contributed by atoms with E-state index < -0.39 is 0 Å². The zero-order valence-electron chi connectivity index (χ0n) is 9.40. The summed E-state index contributed by atoms with van der Waals surface area (Å²) in [5.74, 6) is 0.629. The van der Waals surface area contributed by atoms with Crippen molar-refractivity contribution in [1.29, 1.82) is 0 Å². The lowest BCUT2D eigenvalue weighted by Gasteiger charge is -2.22. The fraction of sp³-hybridized carbons (Fsp3) is 1.00. The molecule has 0 aromatic carbocycles. The van der Waals surface area contributed by atoms with Crippen molar-refractivity contribution in [3.63, 3.8) is 0 Å². The van der Waals surface area contributed by atoms with Crippen molar-refractivity contribution in [2.45, 2.75) is 25.7 Å². The van der Waals surface area contributed by atoms with Crippen molar-refractivity contribution in [2.75, 3.05) is 33.9 Å². The van der Waals surface area contributed by atoms with Crippen LogP contribution in [0.4, 0.5) is 0 Å². The molecule has 0 aliphatic carbocycles. The summed E-state index contributed by atoms with van der Waals surface area (Å²) in [6.07, 6.45) is 1.08. The van der Waals surface area contributed by atoms with E-state index in [1.165, 1.54) is 6.42 Å². The molecule has 0 aromatic rings. The van der Waals surface area contributed by atoms with E-state index in [9.17, 15) is 0 Å². The Morgan fingerprint density at radius 3 is 2.50 bits per heavy atom. The Bertz CT molecular complexity index is 160. The number of hydrogen-bond donors (Lipinski definition) is 1. The summed E-state index contributed by atoms with van der Waals surface area (Å²) in [6.45, 7) is 5.10. The van der Waals surface area contributed by atoms with Gasteiger partial charge in [-0.25, -0.2) is 0 Å². The molecule has 4 nitrogen and oxygen atoms in total. The number of nitrogens with zero attached hydrogens (tertiary/aromatic N) is 1. The molecule has 2 atom stereocenters. The summed E-state index contributed by atoms with van der Waals surface area (Å²) < 4.78 is 10.3. The summed E-state index contributed by atoms with van der Waals surface area (Å²) >= 11 is 0. The van der Waals surface area contributed by atoms with Gasteiger partial charge in [0.1, 0.15) is 0 Å². The number of methoxy groups -OCH3 is 2. The summed E-state index contributed by atoms with van der Waals surface area (Å²) in [7, 11) is 3.35. The van der Waals surface area contributed by atoms with Crippen LogP contribution >= 0.6 is 0 Å². The van der Waals surface area contributed by atoms with E-state index in [1.807, 2.05) is 0 Å². The van der Waals surface area contributed by atoms with Crippen molar-refractivity contribution in [2.24, 2.45) is 11.7 Å². The quantitative estimate of drug-likeness (QED) is 0.650. The second-order valence-corrected chi connectivity index (χ2v) is 4.07. The highest BCUT2D eigenvalue weighted by atomic mass is 16.7. The highest BCUT2D eigenvalue weighted by molar-refractivity contribution is 4.81. The molecule has 1 saturated heterocycles. The first-order valence-corrected chi connectivity index (χ1v) is 5.21. The smallest absolute Gasteiger partial charge is 0.169 e. The van der Waals surface area contributed by atoms with Crippen LogP contribution in [-0.4, -0.2) is 51.1 Å². The van der Waals surface area contributed by atoms with E-state index in [0.717, 1.165) is 19.6 Å². The van der Waals surface area contributed by atoms with Crippen LogP contribution in [0.3, 0.4) is 0 Å². The van der Waals surface area contributed by atoms with Gasteiger partial charge in [0.05, 0.1) is 0 Å². The van der Waals surface area contributed by atoms with Gasteiger partial charge in [-0.15, -0.1) is 0 Å². The topological polar surface area (TPSA) is 47.7 Å². The normalized spacial score (nSPS) is 25.9. The fourth-order valence-corrected chi connectivity index (χ4v) is 1.91.